The van der Waals surface area contributed by atoms with E-state index < -0.39 is 28.0 Å². The summed E-state index contributed by atoms with van der Waals surface area (Å²) in [4.78, 5) is 12.3. The van der Waals surface area contributed by atoms with Gasteiger partial charge in [-0.3, -0.25) is 9.35 Å². The maximum absolute atomic E-state index is 12.3. The molecule has 1 amide bonds. The lowest BCUT2D eigenvalue weighted by Gasteiger charge is -2.21. The smallest absolute Gasteiger partial charge is 0.267 e. The lowest BCUT2D eigenvalue weighted by atomic mass is 10.0. The SMILES string of the molecule is CCCCC/C=C/C(O)C(CS(=O)(=O)O)NC(=O)CCCCCCCCCCCCCCCCCCC. The first-order chi connectivity index (χ1) is 17.8. The van der Waals surface area contributed by atoms with Crippen molar-refractivity contribution >= 4 is 16.0 Å². The van der Waals surface area contributed by atoms with Crippen LogP contribution in [-0.2, 0) is 14.9 Å². The summed E-state index contributed by atoms with van der Waals surface area (Å²) in [7, 11) is -4.31. The van der Waals surface area contributed by atoms with E-state index in [0.717, 1.165) is 44.9 Å². The number of unbranched alkanes of at least 4 members (excludes halogenated alkanes) is 19. The Balaban J connectivity index is 3.83. The van der Waals surface area contributed by atoms with Crippen LogP contribution >= 0.6 is 0 Å². The van der Waals surface area contributed by atoms with Crippen molar-refractivity contribution in [2.24, 2.45) is 0 Å². The van der Waals surface area contributed by atoms with E-state index >= 15 is 0 Å². The number of allylic oxidation sites excluding steroid dienone is 1. The summed E-state index contributed by atoms with van der Waals surface area (Å²) in [5.41, 5.74) is 0. The summed E-state index contributed by atoms with van der Waals surface area (Å²) in [5.74, 6) is -0.980. The summed E-state index contributed by atoms with van der Waals surface area (Å²) >= 11 is 0. The van der Waals surface area contributed by atoms with Crippen molar-refractivity contribution in [3.63, 3.8) is 0 Å². The fourth-order valence-corrected chi connectivity index (χ4v) is 5.36. The highest BCUT2D eigenvalue weighted by atomic mass is 32.2. The Morgan fingerprint density at radius 3 is 1.54 bits per heavy atom. The van der Waals surface area contributed by atoms with Crippen LogP contribution in [-0.4, -0.2) is 41.9 Å². The fraction of sp³-hybridized carbons (Fsp3) is 0.900. The van der Waals surface area contributed by atoms with Crippen LogP contribution in [0.25, 0.3) is 0 Å². The molecule has 0 bridgehead atoms. The predicted octanol–water partition coefficient (Wildman–Crippen LogP) is 7.90. The van der Waals surface area contributed by atoms with Crippen molar-refractivity contribution in [2.75, 3.05) is 5.75 Å². The quantitative estimate of drug-likeness (QED) is 0.0553. The molecule has 0 aliphatic rings. The van der Waals surface area contributed by atoms with Crippen LogP contribution in [0.5, 0.6) is 0 Å². The highest BCUT2D eigenvalue weighted by Gasteiger charge is 2.24. The van der Waals surface area contributed by atoms with Crippen LogP contribution < -0.4 is 5.32 Å². The van der Waals surface area contributed by atoms with Gasteiger partial charge in [-0.1, -0.05) is 142 Å². The standard InChI is InChI=1S/C30H59NO5S/c1-3-5-7-9-10-11-12-13-14-15-16-17-18-19-20-22-24-26-30(33)31-28(27-37(34,35)36)29(32)25-23-21-8-6-4-2/h23,25,28-29,32H,3-22,24,26-27H2,1-2H3,(H,31,33)(H,34,35,36)/b25-23+. The van der Waals surface area contributed by atoms with Gasteiger partial charge in [-0.15, -0.1) is 0 Å². The maximum Gasteiger partial charge on any atom is 0.267 e. The number of rotatable bonds is 27. The Morgan fingerprint density at radius 1 is 0.703 bits per heavy atom. The minimum absolute atomic E-state index is 0.284. The van der Waals surface area contributed by atoms with Gasteiger partial charge in [0.05, 0.1) is 17.9 Å². The fourth-order valence-electron chi connectivity index (χ4n) is 4.62. The molecule has 0 radical (unpaired) electrons. The zero-order chi connectivity index (χ0) is 27.6. The van der Waals surface area contributed by atoms with E-state index in [-0.39, 0.29) is 5.91 Å². The van der Waals surface area contributed by atoms with E-state index in [1.54, 1.807) is 6.08 Å². The second-order valence-corrected chi connectivity index (χ2v) is 12.2. The van der Waals surface area contributed by atoms with Crippen LogP contribution in [0.15, 0.2) is 12.2 Å². The Bertz CT molecular complexity index is 650. The van der Waals surface area contributed by atoms with Gasteiger partial charge in [0, 0.05) is 6.42 Å². The summed E-state index contributed by atoms with van der Waals surface area (Å²) in [6, 6.07) is -1.05. The molecule has 0 aliphatic heterocycles. The lowest BCUT2D eigenvalue weighted by molar-refractivity contribution is -0.122. The Hall–Kier alpha value is -0.920. The minimum atomic E-state index is -4.31. The van der Waals surface area contributed by atoms with Gasteiger partial charge in [0.15, 0.2) is 0 Å². The molecule has 2 unspecified atom stereocenters. The van der Waals surface area contributed by atoms with Crippen molar-refractivity contribution in [3.8, 4) is 0 Å². The van der Waals surface area contributed by atoms with Crippen LogP contribution in [0.4, 0.5) is 0 Å². The normalized spacial score (nSPS) is 13.7. The molecular formula is C30H59NO5S. The molecule has 0 fully saturated rings. The zero-order valence-electron chi connectivity index (χ0n) is 24.1. The molecule has 6 nitrogen and oxygen atoms in total. The van der Waals surface area contributed by atoms with Crippen LogP contribution in [0.2, 0.25) is 0 Å². The van der Waals surface area contributed by atoms with Gasteiger partial charge in [0.1, 0.15) is 0 Å². The molecule has 3 N–H and O–H groups in total. The first-order valence-electron chi connectivity index (χ1n) is 15.4. The molecule has 220 valence electrons. The molecule has 0 saturated heterocycles. The van der Waals surface area contributed by atoms with E-state index in [1.165, 1.54) is 96.0 Å². The average Bonchev–Trinajstić information content (AvgIpc) is 2.84. The van der Waals surface area contributed by atoms with Crippen molar-refractivity contribution < 1.29 is 22.9 Å². The molecular weight excluding hydrogens is 486 g/mol. The second kappa shape index (κ2) is 25.4. The summed E-state index contributed by atoms with van der Waals surface area (Å²) in [6.07, 6.45) is 28.1. The lowest BCUT2D eigenvalue weighted by Crippen LogP contribution is -2.46. The van der Waals surface area contributed by atoms with Gasteiger partial charge in [-0.25, -0.2) is 0 Å². The molecule has 0 saturated carbocycles. The number of carbonyl (C=O) groups excluding carboxylic acids is 1. The average molecular weight is 546 g/mol. The monoisotopic (exact) mass is 545 g/mol. The largest absolute Gasteiger partial charge is 0.387 e. The minimum Gasteiger partial charge on any atom is -0.387 e. The molecule has 2 atom stereocenters. The number of carbonyl (C=O) groups is 1. The molecule has 0 aromatic rings. The Morgan fingerprint density at radius 2 is 1.11 bits per heavy atom. The topological polar surface area (TPSA) is 104 Å². The number of nitrogens with one attached hydrogen (secondary N) is 1. The van der Waals surface area contributed by atoms with Gasteiger partial charge in [0.25, 0.3) is 10.1 Å². The number of hydrogen-bond acceptors (Lipinski definition) is 4. The van der Waals surface area contributed by atoms with E-state index in [9.17, 15) is 22.9 Å². The van der Waals surface area contributed by atoms with Crippen molar-refractivity contribution in [1.29, 1.82) is 0 Å². The summed E-state index contributed by atoms with van der Waals surface area (Å²) in [5, 5.41) is 12.9. The van der Waals surface area contributed by atoms with Crippen molar-refractivity contribution in [3.05, 3.63) is 12.2 Å². The predicted molar refractivity (Wildman–Crippen MR) is 156 cm³/mol. The third kappa shape index (κ3) is 26.5. The number of hydrogen-bond donors (Lipinski definition) is 3. The van der Waals surface area contributed by atoms with Crippen LogP contribution in [0, 0.1) is 0 Å². The third-order valence-electron chi connectivity index (χ3n) is 6.96. The van der Waals surface area contributed by atoms with E-state index in [1.807, 2.05) is 0 Å². The van der Waals surface area contributed by atoms with E-state index in [2.05, 4.69) is 19.2 Å². The summed E-state index contributed by atoms with van der Waals surface area (Å²) < 4.78 is 31.9. The highest BCUT2D eigenvalue weighted by molar-refractivity contribution is 7.85. The van der Waals surface area contributed by atoms with Gasteiger partial charge in [-0.05, 0) is 19.3 Å². The Kier molecular flexibility index (Phi) is 24.7. The molecule has 0 heterocycles. The molecule has 0 aliphatic carbocycles. The zero-order valence-corrected chi connectivity index (χ0v) is 24.9. The van der Waals surface area contributed by atoms with Crippen molar-refractivity contribution in [2.45, 2.75) is 167 Å². The van der Waals surface area contributed by atoms with Crippen molar-refractivity contribution in [1.82, 2.24) is 5.32 Å². The van der Waals surface area contributed by atoms with Crippen LogP contribution in [0.1, 0.15) is 155 Å². The number of aliphatic hydroxyl groups excluding tert-OH is 1. The van der Waals surface area contributed by atoms with Gasteiger partial charge >= 0.3 is 0 Å². The Labute approximate surface area is 229 Å². The molecule has 37 heavy (non-hydrogen) atoms. The molecule has 0 aromatic carbocycles. The third-order valence-corrected chi connectivity index (χ3v) is 7.74. The first-order valence-corrected chi connectivity index (χ1v) is 17.0. The number of amides is 1. The highest BCUT2D eigenvalue weighted by Crippen LogP contribution is 2.14. The number of aliphatic hydroxyl groups is 1. The summed E-state index contributed by atoms with van der Waals surface area (Å²) in [6.45, 7) is 4.37. The van der Waals surface area contributed by atoms with E-state index in [4.69, 9.17) is 0 Å². The van der Waals surface area contributed by atoms with E-state index in [0.29, 0.717) is 6.42 Å². The van der Waals surface area contributed by atoms with Gasteiger partial charge < -0.3 is 10.4 Å². The molecule has 0 spiro atoms. The maximum atomic E-state index is 12.3. The van der Waals surface area contributed by atoms with Gasteiger partial charge in [0.2, 0.25) is 5.91 Å². The molecule has 0 rings (SSSR count). The van der Waals surface area contributed by atoms with Gasteiger partial charge in [-0.2, -0.15) is 8.42 Å². The first kappa shape index (κ1) is 36.1. The molecule has 0 aromatic heterocycles. The van der Waals surface area contributed by atoms with Crippen LogP contribution in [0.3, 0.4) is 0 Å². The molecule has 7 heteroatoms. The second-order valence-electron chi connectivity index (χ2n) is 10.7.